The van der Waals surface area contributed by atoms with Crippen molar-refractivity contribution < 1.29 is 13.2 Å². The summed E-state index contributed by atoms with van der Waals surface area (Å²) in [7, 11) is -3.48. The number of aromatic nitrogens is 2. The van der Waals surface area contributed by atoms with Crippen LogP contribution in [0.15, 0.2) is 96.9 Å². The molecule has 0 amide bonds. The minimum atomic E-state index is -3.48. The van der Waals surface area contributed by atoms with Crippen LogP contribution in [0.25, 0.3) is 11.3 Å². The molecule has 0 aliphatic carbocycles. The molecule has 0 unspecified atom stereocenters. The van der Waals surface area contributed by atoms with Crippen molar-refractivity contribution in [3.63, 3.8) is 0 Å². The Morgan fingerprint density at radius 2 is 1.79 bits per heavy atom. The Kier molecular flexibility index (Phi) is 9.98. The number of ether oxygens (including phenoxy) is 1. The zero-order valence-electron chi connectivity index (χ0n) is 22.6. The summed E-state index contributed by atoms with van der Waals surface area (Å²) in [4.78, 5) is 8.81. The SMILES string of the molecule is C\C=C/C=C\C=C(/C)COc1ccccc1-c1cc(Nc2cccc(CS(=O)(=O)NC(C)(C)C)c2)ncn1. The predicted octanol–water partition coefficient (Wildman–Crippen LogP) is 6.56. The Balaban J connectivity index is 1.75. The number of hydrogen-bond donors (Lipinski definition) is 2. The fourth-order valence-electron chi connectivity index (χ4n) is 3.62. The lowest BCUT2D eigenvalue weighted by Gasteiger charge is -2.20. The van der Waals surface area contributed by atoms with E-state index in [0.29, 0.717) is 23.7 Å². The van der Waals surface area contributed by atoms with Crippen LogP contribution < -0.4 is 14.8 Å². The lowest BCUT2D eigenvalue weighted by atomic mass is 10.1. The molecule has 38 heavy (non-hydrogen) atoms. The van der Waals surface area contributed by atoms with E-state index in [-0.39, 0.29) is 5.75 Å². The van der Waals surface area contributed by atoms with Crippen molar-refractivity contribution >= 4 is 21.5 Å². The molecule has 1 aromatic heterocycles. The summed E-state index contributed by atoms with van der Waals surface area (Å²) in [6.45, 7) is 9.91. The van der Waals surface area contributed by atoms with Crippen LogP contribution in [0.5, 0.6) is 5.75 Å². The third kappa shape index (κ3) is 9.61. The van der Waals surface area contributed by atoms with Crippen molar-refractivity contribution in [1.82, 2.24) is 14.7 Å². The zero-order chi connectivity index (χ0) is 27.6. The maximum Gasteiger partial charge on any atom is 0.216 e. The van der Waals surface area contributed by atoms with Crippen molar-refractivity contribution in [3.05, 3.63) is 102 Å². The Bertz CT molecular complexity index is 1420. The molecule has 0 saturated heterocycles. The number of rotatable bonds is 11. The first-order valence-electron chi connectivity index (χ1n) is 12.4. The number of hydrogen-bond acceptors (Lipinski definition) is 6. The summed E-state index contributed by atoms with van der Waals surface area (Å²) in [6, 6.07) is 16.9. The van der Waals surface area contributed by atoms with Crippen molar-refractivity contribution in [1.29, 1.82) is 0 Å². The van der Waals surface area contributed by atoms with Gasteiger partial charge in [-0.05, 0) is 70.0 Å². The Morgan fingerprint density at radius 1 is 1.00 bits per heavy atom. The van der Waals surface area contributed by atoms with Gasteiger partial charge in [-0.1, -0.05) is 54.6 Å². The van der Waals surface area contributed by atoms with Crippen LogP contribution in [0.2, 0.25) is 0 Å². The van der Waals surface area contributed by atoms with Crippen molar-refractivity contribution in [2.75, 3.05) is 11.9 Å². The van der Waals surface area contributed by atoms with Gasteiger partial charge in [0, 0.05) is 22.9 Å². The van der Waals surface area contributed by atoms with Gasteiger partial charge < -0.3 is 10.1 Å². The monoisotopic (exact) mass is 532 g/mol. The highest BCUT2D eigenvalue weighted by molar-refractivity contribution is 7.88. The van der Waals surface area contributed by atoms with Crippen LogP contribution in [0, 0.1) is 0 Å². The highest BCUT2D eigenvalue weighted by Crippen LogP contribution is 2.30. The molecule has 200 valence electrons. The largest absolute Gasteiger partial charge is 0.489 e. The van der Waals surface area contributed by atoms with E-state index in [1.165, 1.54) is 6.33 Å². The van der Waals surface area contributed by atoms with Gasteiger partial charge in [0.15, 0.2) is 0 Å². The second kappa shape index (κ2) is 13.2. The normalized spacial score (nSPS) is 12.8. The number of allylic oxidation sites excluding steroid dienone is 5. The number of nitrogens with one attached hydrogen (secondary N) is 2. The van der Waals surface area contributed by atoms with Crippen LogP contribution in [0.1, 0.15) is 40.2 Å². The van der Waals surface area contributed by atoms with Crippen molar-refractivity contribution in [3.8, 4) is 17.0 Å². The van der Waals surface area contributed by atoms with Gasteiger partial charge in [0.2, 0.25) is 10.0 Å². The van der Waals surface area contributed by atoms with E-state index in [2.05, 4.69) is 20.0 Å². The van der Waals surface area contributed by atoms with Gasteiger partial charge in [-0.15, -0.1) is 0 Å². The number of para-hydroxylation sites is 1. The second-order valence-electron chi connectivity index (χ2n) is 9.93. The van der Waals surface area contributed by atoms with Crippen molar-refractivity contribution in [2.45, 2.75) is 45.9 Å². The molecule has 0 saturated carbocycles. The standard InChI is InChI=1S/C30H36N4O3S/c1-6-7-8-9-13-23(2)20-37-28-17-11-10-16-26(28)27-19-29(32-22-31-27)33-25-15-12-14-24(18-25)21-38(35,36)34-30(3,4)5/h6-19,22,34H,20-21H2,1-5H3,(H,31,32,33)/b7-6-,9-8-,23-13+. The van der Waals surface area contributed by atoms with E-state index in [1.807, 2.05) is 107 Å². The molecule has 3 aromatic rings. The van der Waals surface area contributed by atoms with E-state index >= 15 is 0 Å². The van der Waals surface area contributed by atoms with Crippen molar-refractivity contribution in [2.24, 2.45) is 0 Å². The van der Waals surface area contributed by atoms with E-state index in [4.69, 9.17) is 4.74 Å². The molecule has 0 spiro atoms. The number of benzene rings is 2. The zero-order valence-corrected chi connectivity index (χ0v) is 23.4. The molecule has 3 rings (SSSR count). The van der Waals surface area contributed by atoms with E-state index < -0.39 is 15.6 Å². The molecule has 1 heterocycles. The third-order valence-corrected chi connectivity index (χ3v) is 6.74. The van der Waals surface area contributed by atoms with Gasteiger partial charge >= 0.3 is 0 Å². The first-order chi connectivity index (χ1) is 18.0. The number of sulfonamides is 1. The van der Waals surface area contributed by atoms with Gasteiger partial charge in [0.1, 0.15) is 24.5 Å². The third-order valence-electron chi connectivity index (χ3n) is 5.10. The molecule has 0 fully saturated rings. The van der Waals surface area contributed by atoms with E-state index in [0.717, 1.165) is 22.6 Å². The average molecular weight is 533 g/mol. The van der Waals surface area contributed by atoms with Gasteiger partial charge in [0.05, 0.1) is 11.4 Å². The summed E-state index contributed by atoms with van der Waals surface area (Å²) in [6.07, 6.45) is 11.4. The highest BCUT2D eigenvalue weighted by atomic mass is 32.2. The minimum absolute atomic E-state index is 0.113. The molecule has 7 nitrogen and oxygen atoms in total. The summed E-state index contributed by atoms with van der Waals surface area (Å²) < 4.78 is 33.8. The van der Waals surface area contributed by atoms with Gasteiger partial charge in [-0.25, -0.2) is 23.1 Å². The van der Waals surface area contributed by atoms with E-state index in [1.54, 1.807) is 12.1 Å². The molecule has 0 bridgehead atoms. The molecule has 2 aromatic carbocycles. The van der Waals surface area contributed by atoms with Crippen LogP contribution in [-0.2, 0) is 15.8 Å². The summed E-state index contributed by atoms with van der Waals surface area (Å²) in [5.74, 6) is 1.20. The Labute approximate surface area is 226 Å². The Morgan fingerprint density at radius 3 is 2.55 bits per heavy atom. The topological polar surface area (TPSA) is 93.2 Å². The lowest BCUT2D eigenvalue weighted by molar-refractivity contribution is 0.353. The van der Waals surface area contributed by atoms with Crippen LogP contribution in [0.4, 0.5) is 11.5 Å². The average Bonchev–Trinajstić information content (AvgIpc) is 2.84. The Hall–Kier alpha value is -3.75. The van der Waals surface area contributed by atoms with Crippen LogP contribution in [0.3, 0.4) is 0 Å². The fraction of sp³-hybridized carbons (Fsp3) is 0.267. The van der Waals surface area contributed by atoms with Crippen LogP contribution in [-0.4, -0.2) is 30.5 Å². The number of anilines is 2. The van der Waals surface area contributed by atoms with E-state index in [9.17, 15) is 8.42 Å². The lowest BCUT2D eigenvalue weighted by Crippen LogP contribution is -2.41. The molecule has 0 radical (unpaired) electrons. The summed E-state index contributed by atoms with van der Waals surface area (Å²) >= 11 is 0. The van der Waals surface area contributed by atoms with Crippen LogP contribution >= 0.6 is 0 Å². The maximum atomic E-state index is 12.5. The molecular weight excluding hydrogens is 496 g/mol. The summed E-state index contributed by atoms with van der Waals surface area (Å²) in [5.41, 5.74) is 3.51. The molecule has 2 N–H and O–H groups in total. The molecular formula is C30H36N4O3S. The highest BCUT2D eigenvalue weighted by Gasteiger charge is 2.20. The molecule has 0 aliphatic rings. The molecule has 0 aliphatic heterocycles. The summed E-state index contributed by atoms with van der Waals surface area (Å²) in [5, 5.41) is 3.26. The van der Waals surface area contributed by atoms with Gasteiger partial charge in [0.25, 0.3) is 0 Å². The van der Waals surface area contributed by atoms with Gasteiger partial charge in [-0.3, -0.25) is 0 Å². The molecule has 0 atom stereocenters. The quantitative estimate of drug-likeness (QED) is 0.272. The second-order valence-corrected chi connectivity index (χ2v) is 11.7. The fourth-order valence-corrected chi connectivity index (χ4v) is 5.24. The number of nitrogens with zero attached hydrogens (tertiary/aromatic N) is 2. The smallest absolute Gasteiger partial charge is 0.216 e. The first-order valence-corrected chi connectivity index (χ1v) is 14.1. The van der Waals surface area contributed by atoms with Gasteiger partial charge in [-0.2, -0.15) is 0 Å². The first kappa shape index (κ1) is 28.8. The minimum Gasteiger partial charge on any atom is -0.489 e. The maximum absolute atomic E-state index is 12.5. The molecule has 8 heteroatoms. The predicted molar refractivity (Wildman–Crippen MR) is 156 cm³/mol.